The van der Waals surface area contributed by atoms with Crippen LogP contribution in [-0.4, -0.2) is 32.1 Å². The molecular weight excluding hydrogens is 238 g/mol. The summed E-state index contributed by atoms with van der Waals surface area (Å²) in [6, 6.07) is 6.79. The van der Waals surface area contributed by atoms with Crippen molar-refractivity contribution in [2.45, 2.75) is 31.7 Å². The first-order valence-electron chi connectivity index (χ1n) is 7.11. The van der Waals surface area contributed by atoms with Gasteiger partial charge in [0.1, 0.15) is 0 Å². The Bertz CT molecular complexity index is 480. The number of fused-ring (bicyclic) bond motifs is 1. The minimum absolute atomic E-state index is 0.182. The van der Waals surface area contributed by atoms with Gasteiger partial charge in [0.2, 0.25) is 5.91 Å². The molecule has 1 amide bonds. The Morgan fingerprint density at radius 2 is 2.32 bits per heavy atom. The molecule has 0 radical (unpaired) electrons. The van der Waals surface area contributed by atoms with Crippen molar-refractivity contribution in [2.24, 2.45) is 0 Å². The molecule has 1 aromatic carbocycles. The van der Waals surface area contributed by atoms with Crippen LogP contribution in [0.2, 0.25) is 0 Å². The lowest BCUT2D eigenvalue weighted by Crippen LogP contribution is -2.39. The second kappa shape index (κ2) is 5.21. The van der Waals surface area contributed by atoms with E-state index in [-0.39, 0.29) is 5.91 Å². The van der Waals surface area contributed by atoms with Crippen molar-refractivity contribution in [3.05, 3.63) is 23.8 Å². The molecule has 2 aliphatic heterocycles. The first-order valence-corrected chi connectivity index (χ1v) is 7.11. The number of nitrogens with zero attached hydrogens (tertiary/aromatic N) is 1. The fourth-order valence-electron chi connectivity index (χ4n) is 2.92. The molecule has 0 saturated carbocycles. The second-order valence-electron chi connectivity index (χ2n) is 5.50. The van der Waals surface area contributed by atoms with Crippen LogP contribution >= 0.6 is 0 Å². The maximum atomic E-state index is 11.6. The lowest BCUT2D eigenvalue weighted by molar-refractivity contribution is -0.117. The molecule has 0 spiro atoms. The van der Waals surface area contributed by atoms with Crippen LogP contribution in [0.4, 0.5) is 11.4 Å². The van der Waals surface area contributed by atoms with Crippen LogP contribution in [-0.2, 0) is 11.2 Å². The number of amides is 1. The fraction of sp³-hybridized carbons (Fsp3) is 0.533. The number of hydrogen-bond acceptors (Lipinski definition) is 3. The quantitative estimate of drug-likeness (QED) is 0.869. The zero-order valence-corrected chi connectivity index (χ0v) is 11.4. The van der Waals surface area contributed by atoms with Crippen molar-refractivity contribution in [2.75, 3.05) is 30.4 Å². The van der Waals surface area contributed by atoms with Crippen molar-refractivity contribution >= 4 is 17.3 Å². The van der Waals surface area contributed by atoms with Gasteiger partial charge in [0.15, 0.2) is 0 Å². The molecule has 1 unspecified atom stereocenters. The number of benzene rings is 1. The molecular formula is C15H21N3O. The highest BCUT2D eigenvalue weighted by molar-refractivity contribution is 6.01. The van der Waals surface area contributed by atoms with Crippen LogP contribution in [0.1, 0.15) is 24.8 Å². The normalized spacial score (nSPS) is 22.5. The lowest BCUT2D eigenvalue weighted by atomic mass is 10.0. The summed E-state index contributed by atoms with van der Waals surface area (Å²) < 4.78 is 0. The van der Waals surface area contributed by atoms with E-state index in [1.165, 1.54) is 19.3 Å². The molecule has 2 aliphatic rings. The van der Waals surface area contributed by atoms with Crippen LogP contribution in [0, 0.1) is 0 Å². The predicted octanol–water partition coefficient (Wildman–Crippen LogP) is 1.76. The smallest absolute Gasteiger partial charge is 0.231 e. The summed E-state index contributed by atoms with van der Waals surface area (Å²) in [6.07, 6.45) is 4.40. The first-order chi connectivity index (χ1) is 9.24. The summed E-state index contributed by atoms with van der Waals surface area (Å²) in [5, 5.41) is 7.01. The highest BCUT2D eigenvalue weighted by Crippen LogP contribution is 2.29. The van der Waals surface area contributed by atoms with Crippen molar-refractivity contribution in [3.8, 4) is 0 Å². The number of likely N-dealkylation sites (N-methyl/N-ethyl adjacent to an activating group) is 1. The molecule has 2 heterocycles. The lowest BCUT2D eigenvalue weighted by Gasteiger charge is -2.24. The summed E-state index contributed by atoms with van der Waals surface area (Å²) in [5.74, 6) is 0.182. The van der Waals surface area contributed by atoms with Crippen LogP contribution in [0.3, 0.4) is 0 Å². The average Bonchev–Trinajstić information content (AvgIpc) is 2.73. The molecule has 102 valence electrons. The Morgan fingerprint density at radius 3 is 3.11 bits per heavy atom. The summed E-state index contributed by atoms with van der Waals surface area (Å²) in [7, 11) is 1.84. The minimum atomic E-state index is 0.182. The molecule has 0 bridgehead atoms. The highest BCUT2D eigenvalue weighted by atomic mass is 16.2. The third kappa shape index (κ3) is 2.59. The Balaban J connectivity index is 1.63. The zero-order valence-electron chi connectivity index (χ0n) is 11.4. The first kappa shape index (κ1) is 12.5. The van der Waals surface area contributed by atoms with Gasteiger partial charge in [-0.05, 0) is 43.1 Å². The molecule has 0 aliphatic carbocycles. The van der Waals surface area contributed by atoms with E-state index in [1.807, 2.05) is 13.1 Å². The van der Waals surface area contributed by atoms with E-state index in [1.54, 1.807) is 4.90 Å². The predicted molar refractivity (Wildman–Crippen MR) is 77.7 cm³/mol. The summed E-state index contributed by atoms with van der Waals surface area (Å²) in [5.41, 5.74) is 3.30. The molecule has 4 heteroatoms. The molecule has 1 atom stereocenters. The van der Waals surface area contributed by atoms with Crippen LogP contribution in [0.5, 0.6) is 0 Å². The largest absolute Gasteiger partial charge is 0.383 e. The van der Waals surface area contributed by atoms with Gasteiger partial charge >= 0.3 is 0 Å². The standard InChI is InChI=1S/C15H21N3O/c1-18-14-6-5-12(8-11(14)9-15(18)19)17-10-13-4-2-3-7-16-13/h5-6,8,13,16-17H,2-4,7,9-10H2,1H3. The van der Waals surface area contributed by atoms with E-state index < -0.39 is 0 Å². The molecule has 3 rings (SSSR count). The number of carbonyl (C=O) groups excluding carboxylic acids is 1. The molecule has 1 fully saturated rings. The Kier molecular flexibility index (Phi) is 3.42. The van der Waals surface area contributed by atoms with E-state index in [2.05, 4.69) is 22.8 Å². The Hall–Kier alpha value is -1.55. The van der Waals surface area contributed by atoms with E-state index in [0.717, 1.165) is 30.0 Å². The van der Waals surface area contributed by atoms with Gasteiger partial charge in [-0.25, -0.2) is 0 Å². The number of rotatable bonds is 3. The van der Waals surface area contributed by atoms with Gasteiger partial charge in [-0.1, -0.05) is 6.42 Å². The SMILES string of the molecule is CN1C(=O)Cc2cc(NCC3CCCCN3)ccc21. The number of anilines is 2. The third-order valence-corrected chi connectivity index (χ3v) is 4.12. The van der Waals surface area contributed by atoms with Crippen molar-refractivity contribution < 1.29 is 4.79 Å². The van der Waals surface area contributed by atoms with Gasteiger partial charge in [-0.2, -0.15) is 0 Å². The van der Waals surface area contributed by atoms with Crippen molar-refractivity contribution in [1.29, 1.82) is 0 Å². The Morgan fingerprint density at radius 1 is 1.42 bits per heavy atom. The van der Waals surface area contributed by atoms with E-state index in [9.17, 15) is 4.79 Å². The van der Waals surface area contributed by atoms with Crippen LogP contribution in [0.25, 0.3) is 0 Å². The highest BCUT2D eigenvalue weighted by Gasteiger charge is 2.23. The van der Waals surface area contributed by atoms with Crippen molar-refractivity contribution in [1.82, 2.24) is 5.32 Å². The van der Waals surface area contributed by atoms with Crippen LogP contribution < -0.4 is 15.5 Å². The van der Waals surface area contributed by atoms with Gasteiger partial charge in [0, 0.05) is 31.0 Å². The number of carbonyl (C=O) groups is 1. The summed E-state index contributed by atoms with van der Waals surface area (Å²) >= 11 is 0. The second-order valence-corrected chi connectivity index (χ2v) is 5.50. The third-order valence-electron chi connectivity index (χ3n) is 4.12. The van der Waals surface area contributed by atoms with Crippen LogP contribution in [0.15, 0.2) is 18.2 Å². The molecule has 2 N–H and O–H groups in total. The van der Waals surface area contributed by atoms with E-state index >= 15 is 0 Å². The van der Waals surface area contributed by atoms with E-state index in [4.69, 9.17) is 0 Å². The van der Waals surface area contributed by atoms with Crippen molar-refractivity contribution in [3.63, 3.8) is 0 Å². The maximum Gasteiger partial charge on any atom is 0.231 e. The number of hydrogen-bond donors (Lipinski definition) is 2. The van der Waals surface area contributed by atoms with Gasteiger partial charge in [0.05, 0.1) is 6.42 Å². The van der Waals surface area contributed by atoms with E-state index in [0.29, 0.717) is 12.5 Å². The van der Waals surface area contributed by atoms with Gasteiger partial charge in [-0.3, -0.25) is 4.79 Å². The molecule has 0 aromatic heterocycles. The van der Waals surface area contributed by atoms with Gasteiger partial charge in [-0.15, -0.1) is 0 Å². The summed E-state index contributed by atoms with van der Waals surface area (Å²) in [4.78, 5) is 13.4. The molecule has 4 nitrogen and oxygen atoms in total. The monoisotopic (exact) mass is 259 g/mol. The number of piperidine rings is 1. The minimum Gasteiger partial charge on any atom is -0.383 e. The average molecular weight is 259 g/mol. The molecule has 19 heavy (non-hydrogen) atoms. The Labute approximate surface area is 114 Å². The molecule has 1 saturated heterocycles. The maximum absolute atomic E-state index is 11.6. The summed E-state index contributed by atoms with van der Waals surface area (Å²) in [6.45, 7) is 2.10. The fourth-order valence-corrected chi connectivity index (χ4v) is 2.92. The molecule has 1 aromatic rings. The van der Waals surface area contributed by atoms with Gasteiger partial charge < -0.3 is 15.5 Å². The zero-order chi connectivity index (χ0) is 13.2. The topological polar surface area (TPSA) is 44.4 Å². The van der Waals surface area contributed by atoms with Gasteiger partial charge in [0.25, 0.3) is 0 Å². The number of nitrogens with one attached hydrogen (secondary N) is 2.